The first-order valence-electron chi connectivity index (χ1n) is 6.90. The van der Waals surface area contributed by atoms with Crippen molar-refractivity contribution in [3.8, 4) is 0 Å². The van der Waals surface area contributed by atoms with Gasteiger partial charge in [0, 0.05) is 10.7 Å². The maximum atomic E-state index is 12.6. The fraction of sp³-hybridized carbons (Fsp3) is 0.235. The van der Waals surface area contributed by atoms with Gasteiger partial charge in [-0.05, 0) is 41.8 Å². The normalized spacial score (nSPS) is 12.3. The molecule has 1 N–H and O–H groups in total. The maximum absolute atomic E-state index is 12.6. The van der Waals surface area contributed by atoms with Gasteiger partial charge in [0.1, 0.15) is 0 Å². The van der Waals surface area contributed by atoms with Crippen molar-refractivity contribution >= 4 is 46.4 Å². The molecule has 5 heteroatoms. The minimum Gasteiger partial charge on any atom is -0.326 e. The molecule has 0 unspecified atom stereocenters. The number of nitrogens with one attached hydrogen (secondary N) is 1. The first kappa shape index (κ1) is 17.1. The lowest BCUT2D eigenvalue weighted by Crippen LogP contribution is -2.25. The van der Waals surface area contributed by atoms with E-state index in [1.807, 2.05) is 26.0 Å². The third-order valence-electron chi connectivity index (χ3n) is 3.37. The van der Waals surface area contributed by atoms with Crippen LogP contribution in [0, 0.1) is 5.92 Å². The smallest absolute Gasteiger partial charge is 0.232 e. The van der Waals surface area contributed by atoms with Gasteiger partial charge in [0.05, 0.1) is 16.0 Å². The summed E-state index contributed by atoms with van der Waals surface area (Å²) in [6.07, 6.45) is 0. The summed E-state index contributed by atoms with van der Waals surface area (Å²) < 4.78 is 0. The lowest BCUT2D eigenvalue weighted by molar-refractivity contribution is -0.118. The van der Waals surface area contributed by atoms with Crippen molar-refractivity contribution < 1.29 is 4.79 Å². The Labute approximate surface area is 145 Å². The van der Waals surface area contributed by atoms with Crippen molar-refractivity contribution in [2.24, 2.45) is 5.92 Å². The highest BCUT2D eigenvalue weighted by Gasteiger charge is 2.24. The van der Waals surface area contributed by atoms with Crippen LogP contribution in [0.2, 0.25) is 15.1 Å². The Morgan fingerprint density at radius 3 is 2.14 bits per heavy atom. The zero-order valence-electron chi connectivity index (χ0n) is 12.2. The van der Waals surface area contributed by atoms with Crippen molar-refractivity contribution in [3.05, 3.63) is 63.1 Å². The van der Waals surface area contributed by atoms with Gasteiger partial charge in [-0.2, -0.15) is 0 Å². The zero-order chi connectivity index (χ0) is 16.3. The number of benzene rings is 2. The molecule has 22 heavy (non-hydrogen) atoms. The number of halogens is 3. The molecular formula is C17H16Cl3NO. The molecule has 1 amide bonds. The van der Waals surface area contributed by atoms with Crippen molar-refractivity contribution in [1.29, 1.82) is 0 Å². The number of anilines is 1. The molecule has 2 aromatic rings. The Hall–Kier alpha value is -1.22. The summed E-state index contributed by atoms with van der Waals surface area (Å²) in [7, 11) is 0. The second kappa shape index (κ2) is 7.36. The molecule has 0 saturated heterocycles. The molecule has 2 rings (SSSR count). The SMILES string of the molecule is CC(C)[C@H](C(=O)Nc1ccc(Cl)c(Cl)c1)c1ccc(Cl)cc1. The maximum Gasteiger partial charge on any atom is 0.232 e. The van der Waals surface area contributed by atoms with Gasteiger partial charge in [-0.3, -0.25) is 4.79 Å². The molecule has 0 radical (unpaired) electrons. The van der Waals surface area contributed by atoms with Gasteiger partial charge in [-0.1, -0.05) is 60.8 Å². The molecule has 1 atom stereocenters. The molecule has 116 valence electrons. The van der Waals surface area contributed by atoms with Gasteiger partial charge in [-0.15, -0.1) is 0 Å². The molecule has 0 fully saturated rings. The first-order chi connectivity index (χ1) is 10.4. The summed E-state index contributed by atoms with van der Waals surface area (Å²) in [5, 5.41) is 4.40. The third-order valence-corrected chi connectivity index (χ3v) is 4.36. The Morgan fingerprint density at radius 1 is 0.955 bits per heavy atom. The summed E-state index contributed by atoms with van der Waals surface area (Å²) in [6, 6.07) is 12.4. The predicted octanol–water partition coefficient (Wildman–Crippen LogP) is 6.03. The first-order valence-corrected chi connectivity index (χ1v) is 8.03. The van der Waals surface area contributed by atoms with Crippen LogP contribution in [0.5, 0.6) is 0 Å². The van der Waals surface area contributed by atoms with Crippen LogP contribution in [0.3, 0.4) is 0 Å². The molecule has 0 heterocycles. The molecular weight excluding hydrogens is 341 g/mol. The third kappa shape index (κ3) is 4.16. The van der Waals surface area contributed by atoms with E-state index in [1.54, 1.807) is 30.3 Å². The van der Waals surface area contributed by atoms with E-state index >= 15 is 0 Å². The lowest BCUT2D eigenvalue weighted by Gasteiger charge is -2.21. The minimum absolute atomic E-state index is 0.0873. The van der Waals surface area contributed by atoms with Crippen LogP contribution in [-0.4, -0.2) is 5.91 Å². The van der Waals surface area contributed by atoms with E-state index in [9.17, 15) is 4.79 Å². The Balaban J connectivity index is 2.23. The highest BCUT2D eigenvalue weighted by molar-refractivity contribution is 6.42. The summed E-state index contributed by atoms with van der Waals surface area (Å²) in [5.74, 6) is -0.216. The van der Waals surface area contributed by atoms with E-state index in [0.717, 1.165) is 5.56 Å². The Kier molecular flexibility index (Phi) is 5.74. The minimum atomic E-state index is -0.272. The average Bonchev–Trinajstić information content (AvgIpc) is 2.45. The molecule has 0 spiro atoms. The molecule has 2 nitrogen and oxygen atoms in total. The standard InChI is InChI=1S/C17H16Cl3NO/c1-10(2)16(11-3-5-12(18)6-4-11)17(22)21-13-7-8-14(19)15(20)9-13/h3-10,16H,1-2H3,(H,21,22)/t16-/m0/s1. The van der Waals surface area contributed by atoms with Crippen LogP contribution in [0.1, 0.15) is 25.3 Å². The monoisotopic (exact) mass is 355 g/mol. The van der Waals surface area contributed by atoms with Crippen LogP contribution in [0.25, 0.3) is 0 Å². The lowest BCUT2D eigenvalue weighted by atomic mass is 9.87. The summed E-state index contributed by atoms with van der Waals surface area (Å²) in [5.41, 5.74) is 1.55. The van der Waals surface area contributed by atoms with Crippen molar-refractivity contribution in [2.45, 2.75) is 19.8 Å². The Morgan fingerprint density at radius 2 is 1.59 bits per heavy atom. The molecule has 0 bridgehead atoms. The van der Waals surface area contributed by atoms with Crippen molar-refractivity contribution in [3.63, 3.8) is 0 Å². The van der Waals surface area contributed by atoms with Crippen molar-refractivity contribution in [2.75, 3.05) is 5.32 Å². The summed E-state index contributed by atoms with van der Waals surface area (Å²) >= 11 is 17.8. The van der Waals surface area contributed by atoms with Crippen LogP contribution in [0.15, 0.2) is 42.5 Å². The Bertz CT molecular complexity index is 668. The number of carbonyl (C=O) groups is 1. The molecule has 0 aromatic heterocycles. The van der Waals surface area contributed by atoms with Crippen LogP contribution in [0.4, 0.5) is 5.69 Å². The fourth-order valence-corrected chi connectivity index (χ4v) is 2.73. The second-order valence-corrected chi connectivity index (χ2v) is 6.64. The van der Waals surface area contributed by atoms with Crippen LogP contribution in [-0.2, 0) is 4.79 Å². The molecule has 0 saturated carbocycles. The second-order valence-electron chi connectivity index (χ2n) is 5.39. The molecule has 0 aliphatic heterocycles. The number of carbonyl (C=O) groups excluding carboxylic acids is 1. The van der Waals surface area contributed by atoms with E-state index in [4.69, 9.17) is 34.8 Å². The summed E-state index contributed by atoms with van der Waals surface area (Å²) in [4.78, 5) is 12.6. The van der Waals surface area contributed by atoms with Crippen LogP contribution < -0.4 is 5.32 Å². The highest BCUT2D eigenvalue weighted by atomic mass is 35.5. The van der Waals surface area contributed by atoms with Gasteiger partial charge >= 0.3 is 0 Å². The number of rotatable bonds is 4. The van der Waals surface area contributed by atoms with Crippen molar-refractivity contribution in [1.82, 2.24) is 0 Å². The topological polar surface area (TPSA) is 29.1 Å². The zero-order valence-corrected chi connectivity index (χ0v) is 14.5. The average molecular weight is 357 g/mol. The van der Waals surface area contributed by atoms with Gasteiger partial charge in [0.15, 0.2) is 0 Å². The largest absolute Gasteiger partial charge is 0.326 e. The van der Waals surface area contributed by atoms with E-state index < -0.39 is 0 Å². The van der Waals surface area contributed by atoms with Gasteiger partial charge < -0.3 is 5.32 Å². The van der Waals surface area contributed by atoms with Gasteiger partial charge in [0.2, 0.25) is 5.91 Å². The highest BCUT2D eigenvalue weighted by Crippen LogP contribution is 2.29. The number of hydrogen-bond acceptors (Lipinski definition) is 1. The molecule has 0 aliphatic rings. The van der Waals surface area contributed by atoms with Gasteiger partial charge in [0.25, 0.3) is 0 Å². The summed E-state index contributed by atoms with van der Waals surface area (Å²) in [6.45, 7) is 4.02. The molecule has 0 aliphatic carbocycles. The van der Waals surface area contributed by atoms with E-state index in [2.05, 4.69) is 5.32 Å². The number of amides is 1. The van der Waals surface area contributed by atoms with E-state index in [-0.39, 0.29) is 17.7 Å². The quantitative estimate of drug-likeness (QED) is 0.712. The fourth-order valence-electron chi connectivity index (χ4n) is 2.30. The van der Waals surface area contributed by atoms with Crippen LogP contribution >= 0.6 is 34.8 Å². The molecule has 2 aromatic carbocycles. The van der Waals surface area contributed by atoms with E-state index in [1.165, 1.54) is 0 Å². The predicted molar refractivity (Wildman–Crippen MR) is 94.1 cm³/mol. The number of hydrogen-bond donors (Lipinski definition) is 1. The van der Waals surface area contributed by atoms with E-state index in [0.29, 0.717) is 20.8 Å². The van der Waals surface area contributed by atoms with Gasteiger partial charge in [-0.25, -0.2) is 0 Å².